The first kappa shape index (κ1) is 18.2. The van der Waals surface area contributed by atoms with Gasteiger partial charge in [0.2, 0.25) is 0 Å². The van der Waals surface area contributed by atoms with Gasteiger partial charge in [-0.15, -0.1) is 0 Å². The van der Waals surface area contributed by atoms with Crippen LogP contribution in [0.5, 0.6) is 0 Å². The second-order valence-electron chi connectivity index (χ2n) is 6.08. The van der Waals surface area contributed by atoms with Gasteiger partial charge in [0.15, 0.2) is 13.1 Å². The molecule has 0 saturated heterocycles. The van der Waals surface area contributed by atoms with Gasteiger partial charge in [-0.05, 0) is 45.7 Å². The molecule has 0 saturated carbocycles. The number of nitrogens with two attached hydrogens (primary N) is 1. The summed E-state index contributed by atoms with van der Waals surface area (Å²) in [6, 6.07) is 4.10. The number of carbonyl (C=O) groups excluding carboxylic acids is 2. The van der Waals surface area contributed by atoms with Gasteiger partial charge in [-0.3, -0.25) is 9.59 Å². The van der Waals surface area contributed by atoms with Gasteiger partial charge in [0.1, 0.15) is 0 Å². The van der Waals surface area contributed by atoms with Crippen LogP contribution in [0, 0.1) is 20.8 Å². The monoisotopic (exact) mass is 306 g/mol. The second-order valence-corrected chi connectivity index (χ2v) is 6.08. The van der Waals surface area contributed by atoms with Gasteiger partial charge in [0, 0.05) is 5.69 Å². The first-order chi connectivity index (χ1) is 10.2. The third-order valence-electron chi connectivity index (χ3n) is 4.25. The van der Waals surface area contributed by atoms with Crippen LogP contribution in [0.25, 0.3) is 0 Å². The zero-order valence-corrected chi connectivity index (χ0v) is 14.3. The summed E-state index contributed by atoms with van der Waals surface area (Å²) >= 11 is 0. The average molecular weight is 306 g/mol. The molecule has 2 amide bonds. The molecule has 0 heterocycles. The van der Waals surface area contributed by atoms with Crippen LogP contribution in [-0.2, 0) is 9.59 Å². The minimum Gasteiger partial charge on any atom is -0.365 e. The smallest absolute Gasteiger partial charge is 0.279 e. The fourth-order valence-electron chi connectivity index (χ4n) is 2.92. The highest BCUT2D eigenvalue weighted by Gasteiger charge is 2.29. The van der Waals surface area contributed by atoms with E-state index in [0.717, 1.165) is 16.8 Å². The molecule has 1 aromatic rings. The molecule has 0 bridgehead atoms. The Kier molecular flexibility index (Phi) is 6.11. The number of quaternary nitrogens is 1. The molecule has 1 aromatic carbocycles. The molecule has 0 aliphatic heterocycles. The number of hydrogen-bond acceptors (Lipinski definition) is 2. The molecular weight excluding hydrogens is 278 g/mol. The van der Waals surface area contributed by atoms with Gasteiger partial charge in [-0.2, -0.15) is 0 Å². The number of aryl methyl sites for hydroxylation is 3. The van der Waals surface area contributed by atoms with E-state index in [0.29, 0.717) is 17.6 Å². The molecule has 0 atom stereocenters. The van der Waals surface area contributed by atoms with E-state index in [4.69, 9.17) is 5.73 Å². The van der Waals surface area contributed by atoms with Crippen LogP contribution >= 0.6 is 0 Å². The van der Waals surface area contributed by atoms with Crippen LogP contribution in [-0.4, -0.2) is 42.5 Å². The summed E-state index contributed by atoms with van der Waals surface area (Å²) in [4.78, 5) is 23.7. The quantitative estimate of drug-likeness (QED) is 0.755. The number of primary amides is 1. The Morgan fingerprint density at radius 2 is 1.55 bits per heavy atom. The minimum atomic E-state index is -0.376. The molecule has 22 heavy (non-hydrogen) atoms. The molecule has 1 rings (SSSR count). The molecule has 0 radical (unpaired) electrons. The van der Waals surface area contributed by atoms with Crippen molar-refractivity contribution in [3.05, 3.63) is 28.8 Å². The van der Waals surface area contributed by atoms with Gasteiger partial charge in [0.25, 0.3) is 11.8 Å². The lowest BCUT2D eigenvalue weighted by atomic mass is 10.1. The molecule has 0 aliphatic carbocycles. The van der Waals surface area contributed by atoms with Gasteiger partial charge in [0.05, 0.1) is 13.1 Å². The van der Waals surface area contributed by atoms with Crippen molar-refractivity contribution < 1.29 is 14.1 Å². The molecule has 122 valence electrons. The maximum Gasteiger partial charge on any atom is 0.279 e. The van der Waals surface area contributed by atoms with Crippen LogP contribution in [0.1, 0.15) is 30.5 Å². The number of carbonyl (C=O) groups is 2. The summed E-state index contributed by atoms with van der Waals surface area (Å²) in [6.07, 6.45) is 0. The topological polar surface area (TPSA) is 72.2 Å². The molecule has 0 unspecified atom stereocenters. The van der Waals surface area contributed by atoms with Crippen LogP contribution in [0.3, 0.4) is 0 Å². The van der Waals surface area contributed by atoms with E-state index in [1.54, 1.807) is 0 Å². The average Bonchev–Trinajstić information content (AvgIpc) is 2.41. The zero-order chi connectivity index (χ0) is 16.9. The maximum absolute atomic E-state index is 12.4. The van der Waals surface area contributed by atoms with Crippen LogP contribution in [0.15, 0.2) is 12.1 Å². The number of nitrogens with zero attached hydrogens (tertiary/aromatic N) is 1. The molecule has 0 aliphatic rings. The van der Waals surface area contributed by atoms with Gasteiger partial charge in [-0.25, -0.2) is 0 Å². The Morgan fingerprint density at radius 1 is 1.05 bits per heavy atom. The van der Waals surface area contributed by atoms with Crippen molar-refractivity contribution in [2.45, 2.75) is 34.6 Å². The number of hydrogen-bond donors (Lipinski definition) is 2. The van der Waals surface area contributed by atoms with E-state index < -0.39 is 0 Å². The number of benzene rings is 1. The van der Waals surface area contributed by atoms with Crippen LogP contribution in [0.2, 0.25) is 0 Å². The van der Waals surface area contributed by atoms with Crippen LogP contribution in [0.4, 0.5) is 5.69 Å². The maximum atomic E-state index is 12.4. The number of rotatable bonds is 7. The number of likely N-dealkylation sites (N-methyl/N-ethyl adjacent to an activating group) is 1. The Balaban J connectivity index is 2.91. The summed E-state index contributed by atoms with van der Waals surface area (Å²) in [5, 5.41) is 3.00. The van der Waals surface area contributed by atoms with E-state index in [2.05, 4.69) is 5.32 Å². The minimum absolute atomic E-state index is 0.0833. The van der Waals surface area contributed by atoms with E-state index in [1.807, 2.05) is 46.8 Å². The molecule has 5 heteroatoms. The lowest BCUT2D eigenvalue weighted by molar-refractivity contribution is -0.909. The molecule has 0 aromatic heterocycles. The standard InChI is InChI=1S/C17H27N3O2/c1-6-20(7-2,10-15(18)21)11-16(22)19-17-13(4)8-12(3)9-14(17)5/h8-9H,6-7,10-11H2,1-5H3,(H2-,18,19,21,22)/p+1. The van der Waals surface area contributed by atoms with Crippen molar-refractivity contribution in [2.75, 3.05) is 31.5 Å². The SMILES string of the molecule is CC[N+](CC)(CC(N)=O)CC(=O)Nc1c(C)cc(C)cc1C. The van der Waals surface area contributed by atoms with Gasteiger partial charge >= 0.3 is 0 Å². The van der Waals surface area contributed by atoms with Crippen LogP contribution < -0.4 is 11.1 Å². The Hall–Kier alpha value is -1.88. The van der Waals surface area contributed by atoms with Crippen molar-refractivity contribution in [2.24, 2.45) is 5.73 Å². The second kappa shape index (κ2) is 7.40. The van der Waals surface area contributed by atoms with Crippen molar-refractivity contribution in [1.29, 1.82) is 0 Å². The molecule has 0 fully saturated rings. The molecule has 3 N–H and O–H groups in total. The predicted molar refractivity (Wildman–Crippen MR) is 89.6 cm³/mol. The number of anilines is 1. The summed E-state index contributed by atoms with van der Waals surface area (Å²) < 4.78 is 0.380. The Bertz CT molecular complexity index is 540. The highest BCUT2D eigenvalue weighted by molar-refractivity contribution is 5.93. The van der Waals surface area contributed by atoms with Crippen molar-refractivity contribution in [3.63, 3.8) is 0 Å². The Morgan fingerprint density at radius 3 is 1.95 bits per heavy atom. The van der Waals surface area contributed by atoms with Crippen molar-refractivity contribution >= 4 is 17.5 Å². The van der Waals surface area contributed by atoms with Gasteiger partial charge in [-0.1, -0.05) is 17.7 Å². The van der Waals surface area contributed by atoms with E-state index >= 15 is 0 Å². The predicted octanol–water partition coefficient (Wildman–Crippen LogP) is 1.89. The van der Waals surface area contributed by atoms with Crippen molar-refractivity contribution in [1.82, 2.24) is 0 Å². The summed E-state index contributed by atoms with van der Waals surface area (Å²) in [5.74, 6) is -0.459. The lowest BCUT2D eigenvalue weighted by Crippen LogP contribution is -2.55. The largest absolute Gasteiger partial charge is 0.365 e. The fraction of sp³-hybridized carbons (Fsp3) is 0.529. The van der Waals surface area contributed by atoms with Crippen molar-refractivity contribution in [3.8, 4) is 0 Å². The molecule has 0 spiro atoms. The zero-order valence-electron chi connectivity index (χ0n) is 14.3. The van der Waals surface area contributed by atoms with Gasteiger partial charge < -0.3 is 15.5 Å². The first-order valence-corrected chi connectivity index (χ1v) is 7.74. The first-order valence-electron chi connectivity index (χ1n) is 7.74. The lowest BCUT2D eigenvalue weighted by Gasteiger charge is -2.34. The number of amides is 2. The number of nitrogens with one attached hydrogen (secondary N) is 1. The van der Waals surface area contributed by atoms with E-state index in [1.165, 1.54) is 5.56 Å². The Labute approximate surface area is 133 Å². The molecule has 5 nitrogen and oxygen atoms in total. The third-order valence-corrected chi connectivity index (χ3v) is 4.25. The van der Waals surface area contributed by atoms with E-state index in [9.17, 15) is 9.59 Å². The fourth-order valence-corrected chi connectivity index (χ4v) is 2.92. The highest BCUT2D eigenvalue weighted by atomic mass is 16.2. The normalized spacial score (nSPS) is 11.3. The summed E-state index contributed by atoms with van der Waals surface area (Å²) in [6.45, 7) is 11.8. The molecular formula is C17H28N3O2+. The van der Waals surface area contributed by atoms with E-state index in [-0.39, 0.29) is 24.9 Å². The highest BCUT2D eigenvalue weighted by Crippen LogP contribution is 2.22. The summed E-state index contributed by atoms with van der Waals surface area (Å²) in [5.41, 5.74) is 9.47. The summed E-state index contributed by atoms with van der Waals surface area (Å²) in [7, 11) is 0. The third kappa shape index (κ3) is 4.56.